The molecular formula is C26H27N3O3S. The van der Waals surface area contributed by atoms with Crippen LogP contribution in [0.15, 0.2) is 59.6 Å². The second-order valence-corrected chi connectivity index (χ2v) is 9.99. The zero-order chi connectivity index (χ0) is 22.9. The van der Waals surface area contributed by atoms with Gasteiger partial charge in [-0.1, -0.05) is 37.3 Å². The number of rotatable bonds is 6. The van der Waals surface area contributed by atoms with E-state index in [-0.39, 0.29) is 17.7 Å². The zero-order valence-corrected chi connectivity index (χ0v) is 19.5. The van der Waals surface area contributed by atoms with E-state index >= 15 is 0 Å². The second kappa shape index (κ2) is 9.06. The molecule has 2 aliphatic heterocycles. The number of amides is 3. The number of piperidine rings is 1. The van der Waals surface area contributed by atoms with Crippen LogP contribution in [0.1, 0.15) is 40.5 Å². The van der Waals surface area contributed by atoms with Gasteiger partial charge in [0.15, 0.2) is 0 Å². The summed E-state index contributed by atoms with van der Waals surface area (Å²) in [5, 5.41) is 1.09. The number of carbonyl (C=O) groups is 3. The van der Waals surface area contributed by atoms with E-state index < -0.39 is 0 Å². The number of likely N-dealkylation sites (tertiary alicyclic amines) is 1. The Hall–Kier alpha value is -3.06. The second-order valence-electron chi connectivity index (χ2n) is 8.86. The highest BCUT2D eigenvalue weighted by Crippen LogP contribution is 2.31. The van der Waals surface area contributed by atoms with Crippen LogP contribution >= 0.6 is 11.8 Å². The highest BCUT2D eigenvalue weighted by atomic mass is 32.2. The molecule has 1 aromatic heterocycles. The molecule has 0 saturated carbocycles. The summed E-state index contributed by atoms with van der Waals surface area (Å²) in [6.45, 7) is 4.59. The predicted octanol–water partition coefficient (Wildman–Crippen LogP) is 4.29. The van der Waals surface area contributed by atoms with Crippen molar-refractivity contribution in [2.45, 2.75) is 31.2 Å². The van der Waals surface area contributed by atoms with E-state index in [1.165, 1.54) is 4.90 Å². The molecule has 170 valence electrons. The number of aromatic nitrogens is 1. The molecule has 2 aromatic carbocycles. The molecule has 0 N–H and O–H groups in total. The molecule has 2 aliphatic rings. The van der Waals surface area contributed by atoms with E-state index in [0.29, 0.717) is 35.9 Å². The minimum absolute atomic E-state index is 0.158. The molecule has 0 radical (unpaired) electrons. The number of para-hydroxylation sites is 1. The van der Waals surface area contributed by atoms with Gasteiger partial charge in [0.25, 0.3) is 11.8 Å². The van der Waals surface area contributed by atoms with Crippen LogP contribution in [0.4, 0.5) is 0 Å². The lowest BCUT2D eigenvalue weighted by Gasteiger charge is -2.30. The molecule has 33 heavy (non-hydrogen) atoms. The summed E-state index contributed by atoms with van der Waals surface area (Å²) >= 11 is 1.61. The van der Waals surface area contributed by atoms with E-state index in [9.17, 15) is 14.4 Å². The van der Waals surface area contributed by atoms with Crippen LogP contribution in [0.3, 0.4) is 0 Å². The maximum atomic E-state index is 12.9. The Morgan fingerprint density at radius 3 is 2.30 bits per heavy atom. The third kappa shape index (κ3) is 4.17. The van der Waals surface area contributed by atoms with Crippen LogP contribution in [-0.2, 0) is 11.3 Å². The van der Waals surface area contributed by atoms with Crippen molar-refractivity contribution in [3.8, 4) is 0 Å². The van der Waals surface area contributed by atoms with Crippen molar-refractivity contribution in [3.63, 3.8) is 0 Å². The number of fused-ring (bicyclic) bond motifs is 2. The molecule has 0 atom stereocenters. The first kappa shape index (κ1) is 21.8. The van der Waals surface area contributed by atoms with Crippen molar-refractivity contribution in [1.82, 2.24) is 14.4 Å². The smallest absolute Gasteiger partial charge is 0.261 e. The van der Waals surface area contributed by atoms with Crippen molar-refractivity contribution in [1.29, 1.82) is 0 Å². The number of nitrogens with zero attached hydrogens (tertiary/aromatic N) is 3. The Morgan fingerprint density at radius 2 is 1.61 bits per heavy atom. The molecule has 3 aromatic rings. The van der Waals surface area contributed by atoms with Gasteiger partial charge < -0.3 is 9.47 Å². The fraction of sp³-hybridized carbons (Fsp3) is 0.346. The van der Waals surface area contributed by atoms with Gasteiger partial charge >= 0.3 is 0 Å². The van der Waals surface area contributed by atoms with Gasteiger partial charge in [-0.3, -0.25) is 19.3 Å². The first-order chi connectivity index (χ1) is 16.0. The van der Waals surface area contributed by atoms with E-state index in [4.69, 9.17) is 0 Å². The normalized spacial score (nSPS) is 16.6. The van der Waals surface area contributed by atoms with Crippen LogP contribution in [0.2, 0.25) is 0 Å². The number of benzene rings is 2. The SMILES string of the molecule is CC1CCN(C(=O)Cn2cc(SCCN3C(=O)c4ccccc4C3=O)c3ccccc32)CC1. The Morgan fingerprint density at radius 1 is 0.970 bits per heavy atom. The number of thioether (sulfide) groups is 1. The van der Waals surface area contributed by atoms with Crippen molar-refractivity contribution in [3.05, 3.63) is 65.9 Å². The molecule has 6 nitrogen and oxygen atoms in total. The Bertz CT molecular complexity index is 1190. The summed E-state index contributed by atoms with van der Waals surface area (Å²) in [7, 11) is 0. The molecule has 0 aliphatic carbocycles. The standard InChI is InChI=1S/C26H27N3O3S/c1-18-10-12-27(13-11-18)24(30)17-28-16-23(21-8-4-5-9-22(21)28)33-15-14-29-25(31)19-6-2-3-7-20(19)26(29)32/h2-9,16,18H,10-15,17H2,1H3. The molecule has 1 fully saturated rings. The lowest BCUT2D eigenvalue weighted by atomic mass is 9.99. The van der Waals surface area contributed by atoms with E-state index in [2.05, 4.69) is 13.0 Å². The summed E-state index contributed by atoms with van der Waals surface area (Å²) in [6.07, 6.45) is 4.16. The van der Waals surface area contributed by atoms with Gasteiger partial charge in [-0.15, -0.1) is 11.8 Å². The third-order valence-corrected chi connectivity index (χ3v) is 7.67. The van der Waals surface area contributed by atoms with Gasteiger partial charge in [0.2, 0.25) is 5.91 Å². The average molecular weight is 462 g/mol. The Labute approximate surface area is 197 Å². The summed E-state index contributed by atoms with van der Waals surface area (Å²) in [4.78, 5) is 42.5. The monoisotopic (exact) mass is 461 g/mol. The lowest BCUT2D eigenvalue weighted by Crippen LogP contribution is -2.39. The van der Waals surface area contributed by atoms with Gasteiger partial charge in [0.05, 0.1) is 11.1 Å². The number of hydrogen-bond donors (Lipinski definition) is 0. The Kier molecular flexibility index (Phi) is 5.98. The molecular weight excluding hydrogens is 434 g/mol. The minimum atomic E-state index is -0.222. The summed E-state index contributed by atoms with van der Waals surface area (Å²) in [5.41, 5.74) is 1.99. The average Bonchev–Trinajstić information content (AvgIpc) is 3.30. The number of carbonyl (C=O) groups excluding carboxylic acids is 3. The van der Waals surface area contributed by atoms with Crippen molar-refractivity contribution >= 4 is 40.4 Å². The van der Waals surface area contributed by atoms with Crippen LogP contribution in [0.25, 0.3) is 10.9 Å². The predicted molar refractivity (Wildman–Crippen MR) is 129 cm³/mol. The van der Waals surface area contributed by atoms with Gasteiger partial charge in [0.1, 0.15) is 6.54 Å². The summed E-state index contributed by atoms with van der Waals surface area (Å²) in [5.74, 6) is 0.995. The highest BCUT2D eigenvalue weighted by Gasteiger charge is 2.34. The first-order valence-electron chi connectivity index (χ1n) is 11.5. The highest BCUT2D eigenvalue weighted by molar-refractivity contribution is 7.99. The van der Waals surface area contributed by atoms with E-state index in [1.807, 2.05) is 33.9 Å². The molecule has 1 saturated heterocycles. The molecule has 0 spiro atoms. The van der Waals surface area contributed by atoms with Crippen LogP contribution in [-0.4, -0.2) is 57.5 Å². The maximum absolute atomic E-state index is 12.9. The van der Waals surface area contributed by atoms with E-state index in [1.54, 1.807) is 36.0 Å². The van der Waals surface area contributed by atoms with Crippen LogP contribution in [0.5, 0.6) is 0 Å². The van der Waals surface area contributed by atoms with Gasteiger partial charge in [-0.2, -0.15) is 0 Å². The first-order valence-corrected chi connectivity index (χ1v) is 12.4. The zero-order valence-electron chi connectivity index (χ0n) is 18.7. The minimum Gasteiger partial charge on any atom is -0.341 e. The maximum Gasteiger partial charge on any atom is 0.261 e. The van der Waals surface area contributed by atoms with Crippen molar-refractivity contribution in [2.24, 2.45) is 5.92 Å². The molecule has 0 unspecified atom stereocenters. The molecule has 3 amide bonds. The number of hydrogen-bond acceptors (Lipinski definition) is 4. The van der Waals surface area contributed by atoms with Crippen molar-refractivity contribution in [2.75, 3.05) is 25.4 Å². The van der Waals surface area contributed by atoms with Crippen molar-refractivity contribution < 1.29 is 14.4 Å². The topological polar surface area (TPSA) is 62.6 Å². The molecule has 7 heteroatoms. The third-order valence-electron chi connectivity index (χ3n) is 6.64. The molecule has 3 heterocycles. The van der Waals surface area contributed by atoms with Gasteiger partial charge in [-0.25, -0.2) is 0 Å². The largest absolute Gasteiger partial charge is 0.341 e. The Balaban J connectivity index is 1.27. The lowest BCUT2D eigenvalue weighted by molar-refractivity contribution is -0.133. The van der Waals surface area contributed by atoms with E-state index in [0.717, 1.165) is 41.7 Å². The molecule has 0 bridgehead atoms. The molecule has 5 rings (SSSR count). The van der Waals surface area contributed by atoms with Crippen LogP contribution in [0, 0.1) is 5.92 Å². The summed E-state index contributed by atoms with van der Waals surface area (Å²) < 4.78 is 2.03. The van der Waals surface area contributed by atoms with Gasteiger partial charge in [0, 0.05) is 47.4 Å². The fourth-order valence-corrected chi connectivity index (χ4v) is 5.68. The van der Waals surface area contributed by atoms with Gasteiger partial charge in [-0.05, 0) is 37.0 Å². The summed E-state index contributed by atoms with van der Waals surface area (Å²) in [6, 6.07) is 15.0. The van der Waals surface area contributed by atoms with Crippen LogP contribution < -0.4 is 0 Å². The number of imide groups is 1. The fourth-order valence-electron chi connectivity index (χ4n) is 4.65. The quantitative estimate of drug-likeness (QED) is 0.406.